The molecule has 1 spiro atoms. The van der Waals surface area contributed by atoms with E-state index in [0.29, 0.717) is 5.71 Å². The van der Waals surface area contributed by atoms with Crippen molar-refractivity contribution in [3.63, 3.8) is 0 Å². The first kappa shape index (κ1) is 11.3. The van der Waals surface area contributed by atoms with Gasteiger partial charge in [0.2, 0.25) is 0 Å². The van der Waals surface area contributed by atoms with Gasteiger partial charge in [0.05, 0.1) is 11.5 Å². The molecule has 0 aromatic rings. The van der Waals surface area contributed by atoms with Gasteiger partial charge in [0, 0.05) is 11.3 Å². The lowest BCUT2D eigenvalue weighted by Gasteiger charge is -2.33. The predicted octanol–water partition coefficient (Wildman–Crippen LogP) is 2.38. The number of rotatable bonds is 0. The molecule has 90 valence electrons. The highest BCUT2D eigenvalue weighted by atomic mass is 35.5. The summed E-state index contributed by atoms with van der Waals surface area (Å²) >= 11 is 12.7. The van der Waals surface area contributed by atoms with Gasteiger partial charge in [-0.2, -0.15) is 4.40 Å². The zero-order chi connectivity index (χ0) is 12.0. The van der Waals surface area contributed by atoms with Gasteiger partial charge in [0.25, 0.3) is 10.0 Å². The average Bonchev–Trinajstić information content (AvgIpc) is 2.53. The second-order valence-corrected chi connectivity index (χ2v) is 8.71. The summed E-state index contributed by atoms with van der Waals surface area (Å²) in [5.41, 5.74) is -0.0941. The van der Waals surface area contributed by atoms with Crippen LogP contribution in [0.3, 0.4) is 0 Å². The van der Waals surface area contributed by atoms with E-state index in [4.69, 9.17) is 23.2 Å². The van der Waals surface area contributed by atoms with E-state index >= 15 is 0 Å². The van der Waals surface area contributed by atoms with Crippen LogP contribution in [0.25, 0.3) is 0 Å². The molecule has 2 saturated carbocycles. The first-order valence-corrected chi connectivity index (χ1v) is 7.71. The minimum Gasteiger partial charge on any atom is -0.205 e. The minimum atomic E-state index is -3.37. The molecule has 0 radical (unpaired) electrons. The molecule has 16 heavy (non-hydrogen) atoms. The quantitative estimate of drug-likeness (QED) is 0.640. The smallest absolute Gasteiger partial charge is 0.205 e. The largest absolute Gasteiger partial charge is 0.254 e. The third kappa shape index (κ3) is 0.982. The predicted molar refractivity (Wildman–Crippen MR) is 64.6 cm³/mol. The Morgan fingerprint density at radius 3 is 2.56 bits per heavy atom. The number of nitrogens with zero attached hydrogens (tertiary/aromatic N) is 1. The van der Waals surface area contributed by atoms with Gasteiger partial charge in [-0.05, 0) is 18.3 Å². The Labute approximate surface area is 105 Å². The van der Waals surface area contributed by atoms with Gasteiger partial charge in [-0.1, -0.05) is 37.0 Å². The van der Waals surface area contributed by atoms with Gasteiger partial charge in [0.1, 0.15) is 0 Å². The average molecular weight is 282 g/mol. The fraction of sp³-hybridized carbons (Fsp3) is 0.900. The van der Waals surface area contributed by atoms with Crippen LogP contribution in [-0.2, 0) is 10.0 Å². The Morgan fingerprint density at radius 1 is 1.38 bits per heavy atom. The van der Waals surface area contributed by atoms with Crippen molar-refractivity contribution in [2.45, 2.75) is 31.0 Å². The van der Waals surface area contributed by atoms with Gasteiger partial charge in [-0.25, -0.2) is 8.42 Å². The number of halogens is 2. The number of fused-ring (bicyclic) bond motifs is 1. The SMILES string of the molecule is CC1(C)C2CCC13CS(=O)(=O)N=C3C2(Cl)Cl. The van der Waals surface area contributed by atoms with E-state index in [9.17, 15) is 8.42 Å². The Bertz CT molecular complexity index is 509. The van der Waals surface area contributed by atoms with Crippen molar-refractivity contribution in [3.8, 4) is 0 Å². The van der Waals surface area contributed by atoms with E-state index < -0.39 is 19.8 Å². The van der Waals surface area contributed by atoms with Crippen LogP contribution < -0.4 is 0 Å². The lowest BCUT2D eigenvalue weighted by molar-refractivity contribution is 0.195. The molecule has 3 aliphatic rings. The van der Waals surface area contributed by atoms with Crippen LogP contribution in [0.5, 0.6) is 0 Å². The van der Waals surface area contributed by atoms with Gasteiger partial charge >= 0.3 is 0 Å². The molecule has 0 amide bonds. The molecule has 0 aromatic carbocycles. The standard InChI is InChI=1S/C10H13Cl2NO2S/c1-8(2)6-3-4-9(8)5-16(14,15)13-7(9)10(6,11)12/h6H,3-5H2,1-2H3. The number of hydrogen-bond acceptors (Lipinski definition) is 2. The minimum absolute atomic E-state index is 0.0834. The van der Waals surface area contributed by atoms with E-state index in [1.54, 1.807) is 0 Å². The van der Waals surface area contributed by atoms with Crippen LogP contribution >= 0.6 is 23.2 Å². The lowest BCUT2D eigenvalue weighted by Crippen LogP contribution is -2.39. The number of sulfonamides is 1. The third-order valence-electron chi connectivity index (χ3n) is 4.83. The van der Waals surface area contributed by atoms with Crippen LogP contribution in [0.2, 0.25) is 0 Å². The summed E-state index contributed by atoms with van der Waals surface area (Å²) in [5, 5.41) is 0. The van der Waals surface area contributed by atoms with Crippen molar-refractivity contribution >= 4 is 38.9 Å². The van der Waals surface area contributed by atoms with Crippen molar-refractivity contribution in [1.29, 1.82) is 0 Å². The maximum atomic E-state index is 11.7. The van der Waals surface area contributed by atoms with Gasteiger partial charge in [0.15, 0.2) is 4.33 Å². The Balaban J connectivity index is 2.31. The third-order valence-corrected chi connectivity index (χ3v) is 7.03. The molecular weight excluding hydrogens is 269 g/mol. The summed E-state index contributed by atoms with van der Waals surface area (Å²) in [6, 6.07) is 0. The van der Waals surface area contributed by atoms with Crippen molar-refractivity contribution in [1.82, 2.24) is 0 Å². The van der Waals surface area contributed by atoms with Crippen molar-refractivity contribution in [2.24, 2.45) is 21.1 Å². The summed E-state index contributed by atoms with van der Waals surface area (Å²) in [5.74, 6) is 0.192. The van der Waals surface area contributed by atoms with Crippen LogP contribution in [0.1, 0.15) is 26.7 Å². The highest BCUT2D eigenvalue weighted by Crippen LogP contribution is 2.72. The maximum Gasteiger partial charge on any atom is 0.254 e. The first-order chi connectivity index (χ1) is 7.14. The van der Waals surface area contributed by atoms with Crippen LogP contribution in [0, 0.1) is 16.7 Å². The van der Waals surface area contributed by atoms with Crippen molar-refractivity contribution in [2.75, 3.05) is 5.75 Å². The summed E-state index contributed by atoms with van der Waals surface area (Å²) < 4.78 is 26.1. The topological polar surface area (TPSA) is 46.5 Å². The molecule has 2 unspecified atom stereocenters. The summed E-state index contributed by atoms with van der Waals surface area (Å²) in [7, 11) is -3.37. The van der Waals surface area contributed by atoms with Crippen LogP contribution in [0.4, 0.5) is 0 Å². The molecule has 0 N–H and O–H groups in total. The molecule has 3 nitrogen and oxygen atoms in total. The molecule has 2 fully saturated rings. The summed E-state index contributed by atoms with van der Waals surface area (Å²) in [4.78, 5) is 0. The van der Waals surface area contributed by atoms with Gasteiger partial charge in [-0.3, -0.25) is 0 Å². The molecule has 2 aliphatic carbocycles. The highest BCUT2D eigenvalue weighted by Gasteiger charge is 2.75. The second-order valence-electron chi connectivity index (χ2n) is 5.68. The van der Waals surface area contributed by atoms with E-state index in [2.05, 4.69) is 18.2 Å². The summed E-state index contributed by atoms with van der Waals surface area (Å²) in [6.45, 7) is 4.13. The fourth-order valence-corrected chi connectivity index (χ4v) is 7.15. The number of hydrogen-bond donors (Lipinski definition) is 0. The second kappa shape index (κ2) is 2.62. The zero-order valence-electron chi connectivity index (χ0n) is 9.13. The highest BCUT2D eigenvalue weighted by molar-refractivity contribution is 7.90. The lowest BCUT2D eigenvalue weighted by atomic mass is 9.70. The maximum absolute atomic E-state index is 11.7. The van der Waals surface area contributed by atoms with Crippen molar-refractivity contribution < 1.29 is 8.42 Å². The molecule has 1 aliphatic heterocycles. The molecule has 0 aromatic heterocycles. The molecule has 2 bridgehead atoms. The van der Waals surface area contributed by atoms with Gasteiger partial charge in [-0.15, -0.1) is 0 Å². The molecule has 2 atom stereocenters. The zero-order valence-corrected chi connectivity index (χ0v) is 11.5. The first-order valence-electron chi connectivity index (χ1n) is 5.35. The molecular formula is C10H13Cl2NO2S. The molecule has 6 heteroatoms. The van der Waals surface area contributed by atoms with E-state index in [1.807, 2.05) is 0 Å². The van der Waals surface area contributed by atoms with Crippen LogP contribution in [-0.4, -0.2) is 24.2 Å². The molecule has 0 saturated heterocycles. The van der Waals surface area contributed by atoms with E-state index in [-0.39, 0.29) is 17.1 Å². The van der Waals surface area contributed by atoms with Gasteiger partial charge < -0.3 is 0 Å². The van der Waals surface area contributed by atoms with E-state index in [1.165, 1.54) is 0 Å². The Hall–Kier alpha value is 0.200. The fourth-order valence-electron chi connectivity index (χ4n) is 3.91. The normalized spacial score (nSPS) is 45.5. The molecule has 1 heterocycles. The van der Waals surface area contributed by atoms with Crippen molar-refractivity contribution in [3.05, 3.63) is 0 Å². The number of alkyl halides is 2. The Morgan fingerprint density at radius 2 is 2.00 bits per heavy atom. The Kier molecular flexibility index (Phi) is 1.85. The monoisotopic (exact) mass is 281 g/mol. The van der Waals surface area contributed by atoms with Crippen LogP contribution in [0.15, 0.2) is 4.40 Å². The van der Waals surface area contributed by atoms with E-state index in [0.717, 1.165) is 12.8 Å². The molecule has 3 rings (SSSR count). The summed E-state index contributed by atoms with van der Waals surface area (Å²) in [6.07, 6.45) is 1.72.